The molecule has 0 unspecified atom stereocenters. The van der Waals surface area contributed by atoms with Crippen LogP contribution in [0.15, 0.2) is 16.5 Å². The van der Waals surface area contributed by atoms with Crippen molar-refractivity contribution in [3.8, 4) is 0 Å². The van der Waals surface area contributed by atoms with E-state index < -0.39 is 5.97 Å². The predicted molar refractivity (Wildman–Crippen MR) is 72.8 cm³/mol. The van der Waals surface area contributed by atoms with Crippen LogP contribution < -0.4 is 5.32 Å². The Balaban J connectivity index is 1.89. The van der Waals surface area contributed by atoms with Crippen LogP contribution in [0.3, 0.4) is 0 Å². The normalized spacial score (nSPS) is 18.7. The van der Waals surface area contributed by atoms with Gasteiger partial charge in [-0.1, -0.05) is 6.92 Å². The van der Waals surface area contributed by atoms with Gasteiger partial charge in [0, 0.05) is 6.54 Å². The minimum atomic E-state index is -1.17. The summed E-state index contributed by atoms with van der Waals surface area (Å²) < 4.78 is 4.98. The zero-order valence-corrected chi connectivity index (χ0v) is 11.8. The van der Waals surface area contributed by atoms with Crippen molar-refractivity contribution in [2.45, 2.75) is 19.8 Å². The largest absolute Gasteiger partial charge is 0.475 e. The van der Waals surface area contributed by atoms with Crippen molar-refractivity contribution in [2.24, 2.45) is 5.41 Å². The Labute approximate surface area is 117 Å². The number of piperidine rings is 1. The van der Waals surface area contributed by atoms with Gasteiger partial charge in [-0.3, -0.25) is 4.79 Å². The summed E-state index contributed by atoms with van der Waals surface area (Å²) in [4.78, 5) is 24.9. The van der Waals surface area contributed by atoms with Crippen LogP contribution in [0, 0.1) is 5.41 Å². The molecule has 20 heavy (non-hydrogen) atoms. The predicted octanol–water partition coefficient (Wildman–Crippen LogP) is 1.44. The van der Waals surface area contributed by atoms with Gasteiger partial charge < -0.3 is 19.7 Å². The number of rotatable bonds is 4. The Bertz CT molecular complexity index is 501. The van der Waals surface area contributed by atoms with Gasteiger partial charge in [-0.2, -0.15) is 0 Å². The van der Waals surface area contributed by atoms with Crippen LogP contribution in [-0.4, -0.2) is 48.6 Å². The van der Waals surface area contributed by atoms with Crippen molar-refractivity contribution in [2.75, 3.05) is 26.7 Å². The van der Waals surface area contributed by atoms with E-state index in [2.05, 4.69) is 24.2 Å². The topological polar surface area (TPSA) is 82.8 Å². The van der Waals surface area contributed by atoms with E-state index in [1.54, 1.807) is 0 Å². The molecule has 6 heteroatoms. The van der Waals surface area contributed by atoms with Gasteiger partial charge in [0.25, 0.3) is 5.91 Å². The molecule has 2 heterocycles. The fourth-order valence-corrected chi connectivity index (χ4v) is 2.29. The average Bonchev–Trinajstić information content (AvgIpc) is 2.90. The lowest BCUT2D eigenvalue weighted by molar-refractivity contribution is 0.0658. The molecule has 0 radical (unpaired) electrons. The maximum absolute atomic E-state index is 11.9. The fraction of sp³-hybridized carbons (Fsp3) is 0.571. The Morgan fingerprint density at radius 3 is 2.50 bits per heavy atom. The minimum absolute atomic E-state index is 0.0407. The molecule has 110 valence electrons. The molecule has 0 atom stereocenters. The van der Waals surface area contributed by atoms with Gasteiger partial charge in [0.1, 0.15) is 0 Å². The van der Waals surface area contributed by atoms with Gasteiger partial charge in [0.2, 0.25) is 5.76 Å². The van der Waals surface area contributed by atoms with E-state index in [0.29, 0.717) is 6.54 Å². The second kappa shape index (κ2) is 5.66. The molecular weight excluding hydrogens is 260 g/mol. The summed E-state index contributed by atoms with van der Waals surface area (Å²) in [6.07, 6.45) is 2.06. The number of likely N-dealkylation sites (tertiary alicyclic amines) is 1. The van der Waals surface area contributed by atoms with Crippen LogP contribution in [0.2, 0.25) is 0 Å². The van der Waals surface area contributed by atoms with Crippen molar-refractivity contribution in [1.82, 2.24) is 10.2 Å². The summed E-state index contributed by atoms with van der Waals surface area (Å²) in [6, 6.07) is 2.67. The maximum Gasteiger partial charge on any atom is 0.371 e. The van der Waals surface area contributed by atoms with Crippen LogP contribution in [0.5, 0.6) is 0 Å². The molecule has 1 fully saturated rings. The lowest BCUT2D eigenvalue weighted by atomic mass is 9.80. The van der Waals surface area contributed by atoms with Crippen LogP contribution in [-0.2, 0) is 0 Å². The first-order chi connectivity index (χ1) is 9.39. The molecular formula is C14H20N2O4. The summed E-state index contributed by atoms with van der Waals surface area (Å²) in [7, 11) is 2.09. The molecule has 1 amide bonds. The summed E-state index contributed by atoms with van der Waals surface area (Å²) in [5.74, 6) is -1.72. The van der Waals surface area contributed by atoms with Crippen LogP contribution in [0.1, 0.15) is 40.9 Å². The maximum atomic E-state index is 11.9. The van der Waals surface area contributed by atoms with E-state index in [4.69, 9.17) is 9.52 Å². The number of furan rings is 1. The number of aromatic carboxylic acids is 1. The molecule has 0 bridgehead atoms. The quantitative estimate of drug-likeness (QED) is 0.872. The van der Waals surface area contributed by atoms with E-state index in [9.17, 15) is 9.59 Å². The molecule has 1 aliphatic rings. The molecule has 6 nitrogen and oxygen atoms in total. The number of carboxylic acids is 1. The van der Waals surface area contributed by atoms with Crippen molar-refractivity contribution in [1.29, 1.82) is 0 Å². The van der Waals surface area contributed by atoms with Crippen LogP contribution in [0.4, 0.5) is 0 Å². The third kappa shape index (κ3) is 3.39. The first kappa shape index (κ1) is 14.6. The highest BCUT2D eigenvalue weighted by molar-refractivity contribution is 5.93. The van der Waals surface area contributed by atoms with E-state index in [1.807, 2.05) is 0 Å². The van der Waals surface area contributed by atoms with Crippen LogP contribution in [0.25, 0.3) is 0 Å². The van der Waals surface area contributed by atoms with Crippen molar-refractivity contribution < 1.29 is 19.1 Å². The second-order valence-electron chi connectivity index (χ2n) is 5.77. The summed E-state index contributed by atoms with van der Waals surface area (Å²) in [6.45, 7) is 4.78. The molecule has 1 saturated heterocycles. The van der Waals surface area contributed by atoms with Gasteiger partial charge in [-0.25, -0.2) is 4.79 Å². The van der Waals surface area contributed by atoms with Crippen molar-refractivity contribution in [3.05, 3.63) is 23.7 Å². The molecule has 0 saturated carbocycles. The third-order valence-electron chi connectivity index (χ3n) is 3.91. The first-order valence-electron chi connectivity index (χ1n) is 6.69. The van der Waals surface area contributed by atoms with Gasteiger partial charge in [0.05, 0.1) is 0 Å². The zero-order chi connectivity index (χ0) is 14.8. The number of carbonyl (C=O) groups excluding carboxylic acids is 1. The first-order valence-corrected chi connectivity index (χ1v) is 6.69. The number of hydrogen-bond acceptors (Lipinski definition) is 4. The van der Waals surface area contributed by atoms with E-state index >= 15 is 0 Å². The summed E-state index contributed by atoms with van der Waals surface area (Å²) >= 11 is 0. The highest BCUT2D eigenvalue weighted by Crippen LogP contribution is 2.29. The molecule has 0 aliphatic carbocycles. The molecule has 1 aromatic heterocycles. The molecule has 1 aliphatic heterocycles. The molecule has 0 spiro atoms. The standard InChI is InChI=1S/C14H20N2O4/c1-14(5-7-16(2)8-6-14)9-15-12(17)10-3-4-11(20-10)13(18)19/h3-4H,5-9H2,1-2H3,(H,15,17)(H,18,19). The minimum Gasteiger partial charge on any atom is -0.475 e. The average molecular weight is 280 g/mol. The Hall–Kier alpha value is -1.82. The molecule has 2 rings (SSSR count). The highest BCUT2D eigenvalue weighted by atomic mass is 16.4. The third-order valence-corrected chi connectivity index (χ3v) is 3.91. The number of carboxylic acid groups (broad SMARTS) is 1. The smallest absolute Gasteiger partial charge is 0.371 e. The van der Waals surface area contributed by atoms with Gasteiger partial charge in [-0.05, 0) is 50.5 Å². The zero-order valence-electron chi connectivity index (χ0n) is 11.8. The number of amides is 1. The number of hydrogen-bond donors (Lipinski definition) is 2. The van der Waals surface area contributed by atoms with Gasteiger partial charge >= 0.3 is 5.97 Å². The second-order valence-corrected chi connectivity index (χ2v) is 5.77. The van der Waals surface area contributed by atoms with Gasteiger partial charge in [0.15, 0.2) is 5.76 Å². The number of carbonyl (C=O) groups is 2. The lowest BCUT2D eigenvalue weighted by Gasteiger charge is -2.37. The van der Waals surface area contributed by atoms with E-state index in [0.717, 1.165) is 25.9 Å². The number of nitrogens with one attached hydrogen (secondary N) is 1. The van der Waals surface area contributed by atoms with Crippen LogP contribution >= 0.6 is 0 Å². The number of nitrogens with zero attached hydrogens (tertiary/aromatic N) is 1. The SMILES string of the molecule is CN1CCC(C)(CNC(=O)c2ccc(C(=O)O)o2)CC1. The van der Waals surface area contributed by atoms with Gasteiger partial charge in [-0.15, -0.1) is 0 Å². The summed E-state index contributed by atoms with van der Waals surface area (Å²) in [5, 5.41) is 11.6. The highest BCUT2D eigenvalue weighted by Gasteiger charge is 2.29. The molecule has 0 aromatic carbocycles. The Morgan fingerprint density at radius 1 is 1.35 bits per heavy atom. The molecule has 2 N–H and O–H groups in total. The Morgan fingerprint density at radius 2 is 1.95 bits per heavy atom. The van der Waals surface area contributed by atoms with Crippen molar-refractivity contribution >= 4 is 11.9 Å². The Kier molecular flexibility index (Phi) is 4.13. The van der Waals surface area contributed by atoms with E-state index in [-0.39, 0.29) is 22.8 Å². The van der Waals surface area contributed by atoms with E-state index in [1.165, 1.54) is 12.1 Å². The molecule has 1 aromatic rings. The lowest BCUT2D eigenvalue weighted by Crippen LogP contribution is -2.43. The summed E-state index contributed by atoms with van der Waals surface area (Å²) in [5.41, 5.74) is 0.0877. The van der Waals surface area contributed by atoms with Crippen molar-refractivity contribution in [3.63, 3.8) is 0 Å². The monoisotopic (exact) mass is 280 g/mol. The fourth-order valence-electron chi connectivity index (χ4n) is 2.29.